The van der Waals surface area contributed by atoms with Crippen molar-refractivity contribution in [1.29, 1.82) is 0 Å². The van der Waals surface area contributed by atoms with Crippen LogP contribution in [0.4, 0.5) is 11.4 Å². The maximum Gasteiger partial charge on any atom is 0.229 e. The van der Waals surface area contributed by atoms with Crippen LogP contribution in [0.15, 0.2) is 54.6 Å². The van der Waals surface area contributed by atoms with Gasteiger partial charge >= 0.3 is 0 Å². The molecule has 1 saturated heterocycles. The second-order valence-electron chi connectivity index (χ2n) is 6.88. The van der Waals surface area contributed by atoms with Gasteiger partial charge in [0.1, 0.15) is 0 Å². The summed E-state index contributed by atoms with van der Waals surface area (Å²) in [7, 11) is 3.88. The second-order valence-corrected chi connectivity index (χ2v) is 6.88. The molecule has 1 heterocycles. The summed E-state index contributed by atoms with van der Waals surface area (Å²) in [5.41, 5.74) is 2.93. The quantitative estimate of drug-likeness (QED) is 0.871. The first-order valence-corrected chi connectivity index (χ1v) is 8.93. The van der Waals surface area contributed by atoms with E-state index >= 15 is 0 Å². The van der Waals surface area contributed by atoms with Gasteiger partial charge in [-0.05, 0) is 24.1 Å². The zero-order valence-corrected chi connectivity index (χ0v) is 15.3. The van der Waals surface area contributed by atoms with Gasteiger partial charge in [0, 0.05) is 33.6 Å². The minimum Gasteiger partial charge on any atom is -0.376 e. The molecule has 2 aromatic carbocycles. The average Bonchev–Trinajstić information content (AvgIpc) is 3.02. The number of carbonyl (C=O) groups excluding carboxylic acids is 2. The van der Waals surface area contributed by atoms with Crippen molar-refractivity contribution in [3.05, 3.63) is 60.2 Å². The maximum absolute atomic E-state index is 12.6. The van der Waals surface area contributed by atoms with E-state index in [1.165, 1.54) is 5.56 Å². The molecule has 0 saturated carbocycles. The van der Waals surface area contributed by atoms with E-state index in [0.717, 1.165) is 17.8 Å². The predicted octanol–water partition coefficient (Wildman–Crippen LogP) is 2.78. The number of para-hydroxylation sites is 2. The van der Waals surface area contributed by atoms with Gasteiger partial charge in [-0.1, -0.05) is 42.5 Å². The first-order chi connectivity index (χ1) is 12.5. The van der Waals surface area contributed by atoms with Crippen LogP contribution in [0.25, 0.3) is 0 Å². The number of amides is 2. The highest BCUT2D eigenvalue weighted by molar-refractivity contribution is 5.99. The number of carbonyl (C=O) groups is 2. The highest BCUT2D eigenvalue weighted by atomic mass is 16.2. The summed E-state index contributed by atoms with van der Waals surface area (Å²) < 4.78 is 0. The number of nitrogens with one attached hydrogen (secondary N) is 1. The van der Waals surface area contributed by atoms with E-state index in [0.29, 0.717) is 13.1 Å². The fourth-order valence-corrected chi connectivity index (χ4v) is 3.28. The molecule has 1 aliphatic rings. The summed E-state index contributed by atoms with van der Waals surface area (Å²) >= 11 is 0. The van der Waals surface area contributed by atoms with Gasteiger partial charge in [0.2, 0.25) is 11.8 Å². The Hall–Kier alpha value is -2.82. The summed E-state index contributed by atoms with van der Waals surface area (Å²) in [5.74, 6) is -0.328. The molecule has 1 atom stereocenters. The molecule has 1 aliphatic heterocycles. The number of anilines is 2. The second kappa shape index (κ2) is 8.04. The van der Waals surface area contributed by atoms with Gasteiger partial charge in [0.25, 0.3) is 0 Å². The van der Waals surface area contributed by atoms with Gasteiger partial charge in [0.15, 0.2) is 0 Å². The van der Waals surface area contributed by atoms with Gasteiger partial charge < -0.3 is 15.1 Å². The number of hydrogen-bond donors (Lipinski definition) is 1. The highest BCUT2D eigenvalue weighted by Crippen LogP contribution is 2.26. The Kier molecular flexibility index (Phi) is 5.56. The largest absolute Gasteiger partial charge is 0.376 e. The van der Waals surface area contributed by atoms with E-state index in [1.54, 1.807) is 4.90 Å². The summed E-state index contributed by atoms with van der Waals surface area (Å²) in [6.45, 7) is 1.14. The SMILES string of the molecule is CN(C)c1ccccc1NC(=O)C1CC(=O)N(CCc2ccccc2)C1. The molecule has 5 nitrogen and oxygen atoms in total. The van der Waals surface area contributed by atoms with Crippen molar-refractivity contribution in [1.82, 2.24) is 4.90 Å². The van der Waals surface area contributed by atoms with E-state index in [9.17, 15) is 9.59 Å². The Morgan fingerprint density at radius 3 is 2.54 bits per heavy atom. The Labute approximate surface area is 154 Å². The molecule has 0 radical (unpaired) electrons. The minimum atomic E-state index is -0.298. The molecule has 1 unspecified atom stereocenters. The Bertz CT molecular complexity index is 774. The van der Waals surface area contributed by atoms with Crippen molar-refractivity contribution in [3.63, 3.8) is 0 Å². The third-order valence-corrected chi connectivity index (χ3v) is 4.74. The molecule has 2 amide bonds. The molecule has 3 rings (SSSR count). The third kappa shape index (κ3) is 4.23. The molecule has 5 heteroatoms. The van der Waals surface area contributed by atoms with Crippen molar-refractivity contribution in [2.45, 2.75) is 12.8 Å². The fraction of sp³-hybridized carbons (Fsp3) is 0.333. The van der Waals surface area contributed by atoms with E-state index < -0.39 is 0 Å². The van der Waals surface area contributed by atoms with E-state index in [4.69, 9.17) is 0 Å². The summed E-state index contributed by atoms with van der Waals surface area (Å²) in [6.07, 6.45) is 1.09. The minimum absolute atomic E-state index is 0.0574. The van der Waals surface area contributed by atoms with E-state index in [2.05, 4.69) is 17.4 Å². The normalized spacial score (nSPS) is 16.6. The summed E-state index contributed by atoms with van der Waals surface area (Å²) in [4.78, 5) is 28.7. The van der Waals surface area contributed by atoms with Crippen molar-refractivity contribution < 1.29 is 9.59 Å². The van der Waals surface area contributed by atoms with Crippen LogP contribution in [-0.2, 0) is 16.0 Å². The Morgan fingerprint density at radius 1 is 1.12 bits per heavy atom. The molecule has 1 fully saturated rings. The number of rotatable bonds is 6. The van der Waals surface area contributed by atoms with Crippen LogP contribution >= 0.6 is 0 Å². The Morgan fingerprint density at radius 2 is 1.81 bits per heavy atom. The van der Waals surface area contributed by atoms with Crippen LogP contribution in [0.5, 0.6) is 0 Å². The van der Waals surface area contributed by atoms with Crippen LogP contribution in [0.1, 0.15) is 12.0 Å². The van der Waals surface area contributed by atoms with Crippen LogP contribution in [-0.4, -0.2) is 43.9 Å². The van der Waals surface area contributed by atoms with Crippen LogP contribution in [0.2, 0.25) is 0 Å². The standard InChI is InChI=1S/C21H25N3O2/c1-23(2)19-11-7-6-10-18(19)22-21(26)17-14-20(25)24(15-17)13-12-16-8-4-3-5-9-16/h3-11,17H,12-15H2,1-2H3,(H,22,26). The fourth-order valence-electron chi connectivity index (χ4n) is 3.28. The lowest BCUT2D eigenvalue weighted by atomic mass is 10.1. The van der Waals surface area contributed by atoms with Crippen molar-refractivity contribution >= 4 is 23.2 Å². The highest BCUT2D eigenvalue weighted by Gasteiger charge is 2.34. The predicted molar refractivity (Wildman–Crippen MR) is 104 cm³/mol. The average molecular weight is 351 g/mol. The van der Waals surface area contributed by atoms with Crippen molar-refractivity contribution in [3.8, 4) is 0 Å². The van der Waals surface area contributed by atoms with Crippen LogP contribution < -0.4 is 10.2 Å². The molecule has 136 valence electrons. The zero-order chi connectivity index (χ0) is 18.5. The lowest BCUT2D eigenvalue weighted by Crippen LogP contribution is -2.30. The molecule has 26 heavy (non-hydrogen) atoms. The van der Waals surface area contributed by atoms with Gasteiger partial charge in [-0.15, -0.1) is 0 Å². The molecule has 1 N–H and O–H groups in total. The molecule has 0 bridgehead atoms. The smallest absolute Gasteiger partial charge is 0.229 e. The third-order valence-electron chi connectivity index (χ3n) is 4.74. The van der Waals surface area contributed by atoms with Crippen LogP contribution in [0.3, 0.4) is 0 Å². The zero-order valence-electron chi connectivity index (χ0n) is 15.3. The molecule has 0 aromatic heterocycles. The van der Waals surface area contributed by atoms with Crippen molar-refractivity contribution in [2.75, 3.05) is 37.4 Å². The maximum atomic E-state index is 12.6. The molecule has 0 spiro atoms. The van der Waals surface area contributed by atoms with Gasteiger partial charge in [-0.2, -0.15) is 0 Å². The Balaban J connectivity index is 1.59. The van der Waals surface area contributed by atoms with E-state index in [1.807, 2.05) is 61.5 Å². The lowest BCUT2D eigenvalue weighted by molar-refractivity contribution is -0.128. The monoisotopic (exact) mass is 351 g/mol. The number of hydrogen-bond acceptors (Lipinski definition) is 3. The molecular formula is C21H25N3O2. The summed E-state index contributed by atoms with van der Waals surface area (Å²) in [6, 6.07) is 17.8. The summed E-state index contributed by atoms with van der Waals surface area (Å²) in [5, 5.41) is 2.99. The number of nitrogens with zero attached hydrogens (tertiary/aromatic N) is 2. The lowest BCUT2D eigenvalue weighted by Gasteiger charge is -2.19. The topological polar surface area (TPSA) is 52.7 Å². The van der Waals surface area contributed by atoms with Crippen LogP contribution in [0, 0.1) is 5.92 Å². The molecule has 2 aromatic rings. The van der Waals surface area contributed by atoms with Gasteiger partial charge in [-0.3, -0.25) is 9.59 Å². The van der Waals surface area contributed by atoms with Gasteiger partial charge in [0.05, 0.1) is 17.3 Å². The molecular weight excluding hydrogens is 326 g/mol. The molecule has 0 aliphatic carbocycles. The van der Waals surface area contributed by atoms with E-state index in [-0.39, 0.29) is 24.2 Å². The number of likely N-dealkylation sites (tertiary alicyclic amines) is 1. The van der Waals surface area contributed by atoms with Gasteiger partial charge in [-0.25, -0.2) is 0 Å². The first-order valence-electron chi connectivity index (χ1n) is 8.93. The first kappa shape index (κ1) is 18.0. The number of benzene rings is 2. The van der Waals surface area contributed by atoms with Crippen molar-refractivity contribution in [2.24, 2.45) is 5.92 Å².